The van der Waals surface area contributed by atoms with E-state index in [1.54, 1.807) is 0 Å². The van der Waals surface area contributed by atoms with Crippen LogP contribution in [0.3, 0.4) is 0 Å². The van der Waals surface area contributed by atoms with E-state index in [1.807, 2.05) is 0 Å². The van der Waals surface area contributed by atoms with E-state index in [4.69, 9.17) is 0 Å². The second-order valence-electron chi connectivity index (χ2n) is 2.87. The van der Waals surface area contributed by atoms with Crippen LogP contribution >= 0.6 is 0 Å². The molecule has 0 spiro atoms. The van der Waals surface area contributed by atoms with Gasteiger partial charge in [-0.25, -0.2) is 0 Å². The molecule has 0 atom stereocenters. The van der Waals surface area contributed by atoms with Crippen LogP contribution in [0.1, 0.15) is 27.7 Å². The van der Waals surface area contributed by atoms with Crippen LogP contribution in [-0.4, -0.2) is 0 Å². The van der Waals surface area contributed by atoms with Gasteiger partial charge in [0.05, 0.1) is 0 Å². The molecule has 0 bridgehead atoms. The molecule has 0 aromatic carbocycles. The first-order valence-electron chi connectivity index (χ1n) is 3.44. The van der Waals surface area contributed by atoms with E-state index in [0.29, 0.717) is 5.92 Å². The van der Waals surface area contributed by atoms with Crippen molar-refractivity contribution >= 4 is 0 Å². The average Bonchev–Trinajstić information content (AvgIpc) is 1.63. The maximum Gasteiger partial charge on any atom is 0 e. The van der Waals surface area contributed by atoms with E-state index < -0.39 is 0 Å². The second kappa shape index (κ2) is 7.21. The Balaban J connectivity index is 0. The Hall–Kier alpha value is 0.103. The molecule has 0 aromatic heterocycles. The summed E-state index contributed by atoms with van der Waals surface area (Å²) >= 11 is 0. The second-order valence-corrected chi connectivity index (χ2v) is 2.87. The fourth-order valence-corrected chi connectivity index (χ4v) is 0.470. The molecule has 60 valence electrons. The Bertz CT molecular complexity index is 117. The van der Waals surface area contributed by atoms with Crippen LogP contribution in [-0.2, 0) is 19.5 Å². The molecule has 0 heterocycles. The topological polar surface area (TPSA) is 0 Å². The minimum Gasteiger partial charge on any atom is -0.0820 e. The predicted octanol–water partition coefficient (Wildman–Crippen LogP) is 3.16. The first-order chi connectivity index (χ1) is 4.13. The summed E-state index contributed by atoms with van der Waals surface area (Å²) in [5.74, 6) is 0.667. The number of allylic oxidation sites excluding steroid dienone is 4. The zero-order valence-corrected chi connectivity index (χ0v) is 8.90. The van der Waals surface area contributed by atoms with Gasteiger partial charge in [-0.05, 0) is 19.8 Å². The molecule has 0 N–H and O–H groups in total. The van der Waals surface area contributed by atoms with Gasteiger partial charge >= 0.3 is 0 Å². The van der Waals surface area contributed by atoms with Crippen molar-refractivity contribution in [1.82, 2.24) is 0 Å². The van der Waals surface area contributed by atoms with Gasteiger partial charge in [-0.3, -0.25) is 0 Å². The van der Waals surface area contributed by atoms with Crippen molar-refractivity contribution in [1.29, 1.82) is 0 Å². The first kappa shape index (κ1) is 12.8. The third kappa shape index (κ3) is 11.0. The van der Waals surface area contributed by atoms with Crippen molar-refractivity contribution < 1.29 is 19.5 Å². The zero-order valence-electron chi connectivity index (χ0n) is 7.16. The van der Waals surface area contributed by atoms with Crippen molar-refractivity contribution in [2.75, 3.05) is 0 Å². The molecule has 0 amide bonds. The third-order valence-corrected chi connectivity index (χ3v) is 0.926. The first-order valence-corrected chi connectivity index (χ1v) is 3.44. The largest absolute Gasteiger partial charge is 0.0820 e. The summed E-state index contributed by atoms with van der Waals surface area (Å²) in [7, 11) is 0. The van der Waals surface area contributed by atoms with E-state index in [-0.39, 0.29) is 19.5 Å². The molecular weight excluding hydrogens is 209 g/mol. The summed E-state index contributed by atoms with van der Waals surface area (Å²) in [6.45, 7) is 8.56. The summed E-state index contributed by atoms with van der Waals surface area (Å²) < 4.78 is 0. The SMILES string of the molecule is CC(C)=CC=CC(C)C.[Ru]. The van der Waals surface area contributed by atoms with Gasteiger partial charge in [-0.15, -0.1) is 0 Å². The summed E-state index contributed by atoms with van der Waals surface area (Å²) in [6, 6.07) is 0. The molecule has 10 heavy (non-hydrogen) atoms. The molecule has 0 unspecified atom stereocenters. The summed E-state index contributed by atoms with van der Waals surface area (Å²) in [5.41, 5.74) is 1.35. The summed E-state index contributed by atoms with van der Waals surface area (Å²) in [6.07, 6.45) is 6.42. The van der Waals surface area contributed by atoms with Crippen LogP contribution in [0.4, 0.5) is 0 Å². The van der Waals surface area contributed by atoms with Crippen LogP contribution in [0.25, 0.3) is 0 Å². The van der Waals surface area contributed by atoms with Gasteiger partial charge in [0, 0.05) is 19.5 Å². The molecule has 0 radical (unpaired) electrons. The molecule has 0 aromatic rings. The van der Waals surface area contributed by atoms with Crippen molar-refractivity contribution in [2.45, 2.75) is 27.7 Å². The van der Waals surface area contributed by atoms with E-state index in [2.05, 4.69) is 45.9 Å². The van der Waals surface area contributed by atoms with Gasteiger partial charge in [-0.1, -0.05) is 37.6 Å². The van der Waals surface area contributed by atoms with Crippen molar-refractivity contribution in [3.63, 3.8) is 0 Å². The smallest absolute Gasteiger partial charge is 0 e. The maximum absolute atomic E-state index is 2.19. The van der Waals surface area contributed by atoms with Crippen molar-refractivity contribution in [2.24, 2.45) is 5.92 Å². The van der Waals surface area contributed by atoms with Crippen LogP contribution in [0.5, 0.6) is 0 Å². The Labute approximate surface area is 77.2 Å². The van der Waals surface area contributed by atoms with E-state index in [9.17, 15) is 0 Å². The quantitative estimate of drug-likeness (QED) is 0.500. The van der Waals surface area contributed by atoms with Crippen LogP contribution < -0.4 is 0 Å². The molecule has 0 saturated carbocycles. The average molecular weight is 225 g/mol. The third-order valence-electron chi connectivity index (χ3n) is 0.926. The molecule has 1 heteroatoms. The minimum absolute atomic E-state index is 0. The monoisotopic (exact) mass is 226 g/mol. The standard InChI is InChI=1S/C9H16.Ru/c1-8(2)6-5-7-9(3)4;/h5-8H,1-4H3;. The predicted molar refractivity (Wildman–Crippen MR) is 43.4 cm³/mol. The molecule has 0 rings (SSSR count). The number of hydrogen-bond acceptors (Lipinski definition) is 0. The molecular formula is C9H16Ru. The van der Waals surface area contributed by atoms with E-state index >= 15 is 0 Å². The van der Waals surface area contributed by atoms with Gasteiger partial charge in [-0.2, -0.15) is 0 Å². The summed E-state index contributed by atoms with van der Waals surface area (Å²) in [4.78, 5) is 0. The molecule has 0 aliphatic heterocycles. The normalized spacial score (nSPS) is 9.70. The van der Waals surface area contributed by atoms with Crippen molar-refractivity contribution in [3.8, 4) is 0 Å². The molecule has 0 fully saturated rings. The Morgan fingerprint density at radius 2 is 1.70 bits per heavy atom. The fraction of sp³-hybridized carbons (Fsp3) is 0.556. The van der Waals surface area contributed by atoms with Crippen LogP contribution in [0.15, 0.2) is 23.8 Å². The van der Waals surface area contributed by atoms with Gasteiger partial charge in [0.1, 0.15) is 0 Å². The summed E-state index contributed by atoms with van der Waals surface area (Å²) in [5, 5.41) is 0. The zero-order chi connectivity index (χ0) is 7.28. The fourth-order valence-electron chi connectivity index (χ4n) is 0.470. The Kier molecular flexibility index (Phi) is 9.20. The Morgan fingerprint density at radius 1 is 1.20 bits per heavy atom. The molecule has 0 aliphatic rings. The van der Waals surface area contributed by atoms with E-state index in [0.717, 1.165) is 0 Å². The maximum atomic E-state index is 2.19. The number of hydrogen-bond donors (Lipinski definition) is 0. The number of rotatable bonds is 2. The molecule has 0 saturated heterocycles. The van der Waals surface area contributed by atoms with Crippen LogP contribution in [0.2, 0.25) is 0 Å². The Morgan fingerprint density at radius 3 is 2.00 bits per heavy atom. The minimum atomic E-state index is 0. The van der Waals surface area contributed by atoms with Crippen LogP contribution in [0, 0.1) is 5.92 Å². The van der Waals surface area contributed by atoms with Gasteiger partial charge < -0.3 is 0 Å². The van der Waals surface area contributed by atoms with E-state index in [1.165, 1.54) is 5.57 Å². The molecule has 0 nitrogen and oxygen atoms in total. The van der Waals surface area contributed by atoms with Gasteiger partial charge in [0.15, 0.2) is 0 Å². The van der Waals surface area contributed by atoms with Crippen molar-refractivity contribution in [3.05, 3.63) is 23.8 Å². The van der Waals surface area contributed by atoms with Gasteiger partial charge in [0.2, 0.25) is 0 Å². The van der Waals surface area contributed by atoms with Gasteiger partial charge in [0.25, 0.3) is 0 Å². The molecule has 0 aliphatic carbocycles.